The SMILES string of the molecule is COS(=O)(=O)[O-].CSc1sc2cc(N)ccc2[n+]1C. The normalized spacial score (nSPS) is 11.2. The van der Waals surface area contributed by atoms with Gasteiger partial charge < -0.3 is 10.3 Å². The van der Waals surface area contributed by atoms with Gasteiger partial charge in [-0.25, -0.2) is 8.42 Å². The van der Waals surface area contributed by atoms with Gasteiger partial charge in [0.05, 0.1) is 7.11 Å². The first kappa shape index (κ1) is 16.2. The van der Waals surface area contributed by atoms with Crippen LogP contribution in [0, 0.1) is 0 Å². The molecule has 2 N–H and O–H groups in total. The highest BCUT2D eigenvalue weighted by atomic mass is 32.3. The predicted molar refractivity (Wildman–Crippen MR) is 75.9 cm³/mol. The second kappa shape index (κ2) is 6.53. The molecule has 0 atom stereocenters. The number of hydrogen-bond acceptors (Lipinski definition) is 7. The molecule has 0 aliphatic carbocycles. The number of anilines is 1. The second-order valence-corrected chi connectivity index (χ2v) is 6.67. The molecule has 1 aromatic carbocycles. The van der Waals surface area contributed by atoms with Gasteiger partial charge in [-0.3, -0.25) is 4.18 Å². The van der Waals surface area contributed by atoms with E-state index >= 15 is 0 Å². The van der Waals surface area contributed by atoms with Crippen molar-refractivity contribution >= 4 is 49.4 Å². The number of nitrogen functional groups attached to an aromatic ring is 1. The molecule has 1 heterocycles. The molecule has 9 heteroatoms. The average molecular weight is 322 g/mol. The van der Waals surface area contributed by atoms with Crippen molar-refractivity contribution in [3.63, 3.8) is 0 Å². The Balaban J connectivity index is 0.000000258. The van der Waals surface area contributed by atoms with Gasteiger partial charge in [-0.2, -0.15) is 4.57 Å². The summed E-state index contributed by atoms with van der Waals surface area (Å²) in [5.41, 5.74) is 7.80. The van der Waals surface area contributed by atoms with E-state index in [4.69, 9.17) is 5.73 Å². The van der Waals surface area contributed by atoms with Crippen LogP contribution in [0.5, 0.6) is 0 Å². The average Bonchev–Trinajstić information content (AvgIpc) is 2.65. The monoisotopic (exact) mass is 322 g/mol. The van der Waals surface area contributed by atoms with Crippen molar-refractivity contribution in [1.29, 1.82) is 0 Å². The summed E-state index contributed by atoms with van der Waals surface area (Å²) in [5.74, 6) is 0. The predicted octanol–water partition coefficient (Wildman–Crippen LogP) is 1.12. The highest BCUT2D eigenvalue weighted by molar-refractivity contribution is 8.00. The molecule has 0 fully saturated rings. The fourth-order valence-corrected chi connectivity index (χ4v) is 3.23. The first-order chi connectivity index (χ1) is 8.78. The lowest BCUT2D eigenvalue weighted by molar-refractivity contribution is -0.676. The number of hydrogen-bond donors (Lipinski definition) is 1. The third-order valence-corrected chi connectivity index (χ3v) is 4.97. The Kier molecular flexibility index (Phi) is 5.56. The molecule has 19 heavy (non-hydrogen) atoms. The Hall–Kier alpha value is -0.870. The third-order valence-electron chi connectivity index (χ3n) is 2.20. The lowest BCUT2D eigenvalue weighted by Gasteiger charge is -1.98. The summed E-state index contributed by atoms with van der Waals surface area (Å²) in [6.45, 7) is 0. The first-order valence-corrected chi connectivity index (χ1v) is 8.39. The maximum absolute atomic E-state index is 9.22. The van der Waals surface area contributed by atoms with Gasteiger partial charge in [0.1, 0.15) is 11.7 Å². The van der Waals surface area contributed by atoms with Gasteiger partial charge in [-0.15, -0.1) is 0 Å². The number of fused-ring (bicyclic) bond motifs is 1. The van der Waals surface area contributed by atoms with E-state index in [1.807, 2.05) is 12.1 Å². The van der Waals surface area contributed by atoms with Crippen molar-refractivity contribution in [1.82, 2.24) is 0 Å². The summed E-state index contributed by atoms with van der Waals surface area (Å²) in [7, 11) is -1.52. The molecule has 1 aromatic heterocycles. The molecule has 2 aromatic rings. The molecule has 0 aliphatic rings. The summed E-state index contributed by atoms with van der Waals surface area (Å²) in [6, 6.07) is 6.04. The minimum absolute atomic E-state index is 0.808. The van der Waals surface area contributed by atoms with Gasteiger partial charge in [0.2, 0.25) is 15.9 Å². The number of benzene rings is 1. The molecule has 0 saturated heterocycles. The standard InChI is InChI=1S/C9H11N2S2.CH4O4S/c1-11-7-4-3-6(10)5-8(7)13-9(11)12-2;1-5-6(2,3)4/h3-5H,10H2,1-2H3;1H3,(H,2,3,4)/q+1;/p-1. The highest BCUT2D eigenvalue weighted by Crippen LogP contribution is 2.27. The van der Waals surface area contributed by atoms with Crippen LogP contribution in [0.2, 0.25) is 0 Å². The Morgan fingerprint density at radius 3 is 2.53 bits per heavy atom. The number of rotatable bonds is 2. The van der Waals surface area contributed by atoms with Gasteiger partial charge in [0.15, 0.2) is 0 Å². The Bertz CT molecular complexity index is 667. The zero-order valence-electron chi connectivity index (χ0n) is 10.6. The third kappa shape index (κ3) is 4.62. The highest BCUT2D eigenvalue weighted by Gasteiger charge is 2.15. The van der Waals surface area contributed by atoms with Crippen LogP contribution in [0.1, 0.15) is 0 Å². The lowest BCUT2D eigenvalue weighted by Crippen LogP contribution is -2.27. The number of aromatic nitrogens is 1. The fraction of sp³-hybridized carbons (Fsp3) is 0.300. The summed E-state index contributed by atoms with van der Waals surface area (Å²) in [6.07, 6.45) is 2.09. The molecule has 106 valence electrons. The smallest absolute Gasteiger partial charge is 0.297 e. The lowest BCUT2D eigenvalue weighted by atomic mass is 10.3. The van der Waals surface area contributed by atoms with Gasteiger partial charge in [0, 0.05) is 11.8 Å². The van der Waals surface area contributed by atoms with Crippen molar-refractivity contribution in [2.45, 2.75) is 4.34 Å². The van der Waals surface area contributed by atoms with E-state index in [0.29, 0.717) is 0 Å². The summed E-state index contributed by atoms with van der Waals surface area (Å²) >= 11 is 3.55. The van der Waals surface area contributed by atoms with Crippen molar-refractivity contribution in [2.24, 2.45) is 7.05 Å². The molecule has 0 aliphatic heterocycles. The van der Waals surface area contributed by atoms with E-state index in [2.05, 4.69) is 28.1 Å². The largest absolute Gasteiger partial charge is 0.726 e. The maximum Gasteiger partial charge on any atom is 0.297 e. The van der Waals surface area contributed by atoms with Crippen LogP contribution in [-0.4, -0.2) is 26.3 Å². The van der Waals surface area contributed by atoms with Crippen molar-refractivity contribution in [2.75, 3.05) is 19.1 Å². The van der Waals surface area contributed by atoms with E-state index in [1.54, 1.807) is 23.1 Å². The molecule has 0 amide bonds. The molecular weight excluding hydrogens is 308 g/mol. The van der Waals surface area contributed by atoms with Crippen molar-refractivity contribution < 1.29 is 21.7 Å². The topological polar surface area (TPSA) is 96.3 Å². The molecular formula is C10H14N2O4S3. The molecule has 0 unspecified atom stereocenters. The quantitative estimate of drug-likeness (QED) is 0.293. The van der Waals surface area contributed by atoms with Gasteiger partial charge in [-0.1, -0.05) is 11.3 Å². The Morgan fingerprint density at radius 1 is 1.47 bits per heavy atom. The molecule has 6 nitrogen and oxygen atoms in total. The van der Waals surface area contributed by atoms with Crippen LogP contribution in [0.3, 0.4) is 0 Å². The summed E-state index contributed by atoms with van der Waals surface area (Å²) < 4.78 is 35.8. The maximum atomic E-state index is 9.22. The number of aryl methyl sites for hydroxylation is 1. The molecule has 0 spiro atoms. The van der Waals surface area contributed by atoms with Crippen LogP contribution in [0.15, 0.2) is 22.5 Å². The Morgan fingerprint density at radius 2 is 2.05 bits per heavy atom. The minimum atomic E-state index is -4.41. The molecule has 0 bridgehead atoms. The number of nitrogens with two attached hydrogens (primary N) is 1. The number of thioether (sulfide) groups is 1. The number of nitrogens with zero attached hydrogens (tertiary/aromatic N) is 1. The minimum Gasteiger partial charge on any atom is -0.726 e. The van der Waals surface area contributed by atoms with Crippen LogP contribution in [-0.2, 0) is 21.6 Å². The van der Waals surface area contributed by atoms with E-state index in [0.717, 1.165) is 12.8 Å². The molecule has 0 saturated carbocycles. The molecule has 0 radical (unpaired) electrons. The van der Waals surface area contributed by atoms with Crippen LogP contribution < -0.4 is 10.3 Å². The number of thiazole rings is 1. The summed E-state index contributed by atoms with van der Waals surface area (Å²) in [5, 5.41) is 0. The van der Waals surface area contributed by atoms with Crippen LogP contribution >= 0.6 is 23.1 Å². The van der Waals surface area contributed by atoms with Gasteiger partial charge in [0.25, 0.3) is 4.34 Å². The summed E-state index contributed by atoms with van der Waals surface area (Å²) in [4.78, 5) is 0. The van der Waals surface area contributed by atoms with Crippen molar-refractivity contribution in [3.8, 4) is 0 Å². The zero-order valence-corrected chi connectivity index (χ0v) is 13.1. The van der Waals surface area contributed by atoms with E-state index in [1.165, 1.54) is 14.6 Å². The van der Waals surface area contributed by atoms with E-state index in [9.17, 15) is 13.0 Å². The Labute approximate surface area is 120 Å². The van der Waals surface area contributed by atoms with Crippen LogP contribution in [0.25, 0.3) is 10.2 Å². The van der Waals surface area contributed by atoms with Gasteiger partial charge >= 0.3 is 0 Å². The van der Waals surface area contributed by atoms with Crippen molar-refractivity contribution in [3.05, 3.63) is 18.2 Å². The van der Waals surface area contributed by atoms with Gasteiger partial charge in [-0.05, 0) is 30.2 Å². The first-order valence-electron chi connectivity index (χ1n) is 5.02. The van der Waals surface area contributed by atoms with E-state index < -0.39 is 10.4 Å². The van der Waals surface area contributed by atoms with E-state index in [-0.39, 0.29) is 0 Å². The van der Waals surface area contributed by atoms with Crippen LogP contribution in [0.4, 0.5) is 5.69 Å². The fourth-order valence-electron chi connectivity index (χ4n) is 1.33. The zero-order chi connectivity index (χ0) is 14.6. The second-order valence-electron chi connectivity index (χ2n) is 3.43. The molecule has 2 rings (SSSR count).